The number of allylic oxidation sites excluding steroid dienone is 4. The molecule has 0 aliphatic rings. The molecule has 0 aliphatic heterocycles. The fourth-order valence-electron chi connectivity index (χ4n) is 0.482. The van der Waals surface area contributed by atoms with E-state index in [0.717, 1.165) is 6.42 Å². The van der Waals surface area contributed by atoms with Crippen LogP contribution < -0.4 is 0 Å². The van der Waals surface area contributed by atoms with Crippen molar-refractivity contribution in [2.45, 2.75) is 13.3 Å². The van der Waals surface area contributed by atoms with Crippen molar-refractivity contribution in [3.63, 3.8) is 0 Å². The molecular weight excluding hydrogens is 185 g/mol. The molecule has 0 spiro atoms. The molecule has 0 heterocycles. The normalized spacial score (nSPS) is 9.67. The molecule has 0 fully saturated rings. The van der Waals surface area contributed by atoms with Gasteiger partial charge < -0.3 is 0 Å². The maximum Gasteiger partial charge on any atom is 0 e. The standard InChI is InChI=1S/C8H12.Y/c1-4-7-8(5-2)6-3;/h4-5,7H,1-2,6H2,3H3;/b8-7+;. The Morgan fingerprint density at radius 1 is 1.44 bits per heavy atom. The van der Waals surface area contributed by atoms with Crippen LogP contribution in [0.1, 0.15) is 13.3 Å². The van der Waals surface area contributed by atoms with Crippen molar-refractivity contribution in [3.05, 3.63) is 37.0 Å². The van der Waals surface area contributed by atoms with E-state index in [1.54, 1.807) is 6.08 Å². The first-order valence-corrected chi connectivity index (χ1v) is 2.79. The molecule has 0 bridgehead atoms. The van der Waals surface area contributed by atoms with Crippen molar-refractivity contribution in [1.82, 2.24) is 0 Å². The van der Waals surface area contributed by atoms with E-state index in [9.17, 15) is 0 Å². The smallest absolute Gasteiger partial charge is 0 e. The van der Waals surface area contributed by atoms with Gasteiger partial charge in [0.15, 0.2) is 0 Å². The van der Waals surface area contributed by atoms with Crippen molar-refractivity contribution in [3.8, 4) is 0 Å². The van der Waals surface area contributed by atoms with Gasteiger partial charge in [-0.1, -0.05) is 38.3 Å². The summed E-state index contributed by atoms with van der Waals surface area (Å²) in [4.78, 5) is 0. The third-order valence-corrected chi connectivity index (χ3v) is 1.00. The minimum absolute atomic E-state index is 0. The van der Waals surface area contributed by atoms with E-state index >= 15 is 0 Å². The molecule has 0 aromatic carbocycles. The van der Waals surface area contributed by atoms with E-state index in [2.05, 4.69) is 20.1 Å². The number of hydrogen-bond donors (Lipinski definition) is 0. The molecule has 0 aromatic heterocycles. The topological polar surface area (TPSA) is 0 Å². The molecule has 1 heteroatoms. The van der Waals surface area contributed by atoms with Crippen LogP contribution in [0.4, 0.5) is 0 Å². The van der Waals surface area contributed by atoms with Crippen molar-refractivity contribution in [2.24, 2.45) is 0 Å². The summed E-state index contributed by atoms with van der Waals surface area (Å²) in [5.41, 5.74) is 1.24. The second kappa shape index (κ2) is 8.32. The fraction of sp³-hybridized carbons (Fsp3) is 0.250. The van der Waals surface area contributed by atoms with Crippen LogP contribution in [0.3, 0.4) is 0 Å². The van der Waals surface area contributed by atoms with E-state index in [4.69, 9.17) is 0 Å². The molecule has 47 valence electrons. The van der Waals surface area contributed by atoms with Gasteiger partial charge in [-0.3, -0.25) is 0 Å². The summed E-state index contributed by atoms with van der Waals surface area (Å²) in [6.07, 6.45) is 6.63. The van der Waals surface area contributed by atoms with Gasteiger partial charge in [0.2, 0.25) is 0 Å². The second-order valence-electron chi connectivity index (χ2n) is 1.53. The van der Waals surface area contributed by atoms with Crippen molar-refractivity contribution in [2.75, 3.05) is 0 Å². The summed E-state index contributed by atoms with van der Waals surface area (Å²) >= 11 is 0. The summed E-state index contributed by atoms with van der Waals surface area (Å²) in [5, 5.41) is 0. The Bertz CT molecular complexity index is 112. The fourth-order valence-corrected chi connectivity index (χ4v) is 0.482. The van der Waals surface area contributed by atoms with E-state index in [1.165, 1.54) is 5.57 Å². The minimum Gasteiger partial charge on any atom is -0.0991 e. The van der Waals surface area contributed by atoms with E-state index in [0.29, 0.717) is 0 Å². The Kier molecular flexibility index (Phi) is 11.1. The van der Waals surface area contributed by atoms with Gasteiger partial charge in [0, 0.05) is 32.7 Å². The monoisotopic (exact) mass is 197 g/mol. The molecule has 0 saturated heterocycles. The molecule has 0 saturated carbocycles. The molecular formula is C8H12Y. The first kappa shape index (κ1) is 12.0. The van der Waals surface area contributed by atoms with Gasteiger partial charge in [0.25, 0.3) is 0 Å². The number of hydrogen-bond acceptors (Lipinski definition) is 0. The summed E-state index contributed by atoms with van der Waals surface area (Å²) in [7, 11) is 0. The van der Waals surface area contributed by atoms with Gasteiger partial charge in [-0.2, -0.15) is 0 Å². The quantitative estimate of drug-likeness (QED) is 0.610. The molecule has 0 aromatic rings. The van der Waals surface area contributed by atoms with Crippen LogP contribution in [0.5, 0.6) is 0 Å². The first-order valence-electron chi connectivity index (χ1n) is 2.79. The molecule has 9 heavy (non-hydrogen) atoms. The summed E-state index contributed by atoms with van der Waals surface area (Å²) < 4.78 is 0. The SMILES string of the molecule is C=C/C=C(\C=C)CC.[Y]. The molecule has 0 amide bonds. The van der Waals surface area contributed by atoms with E-state index in [1.807, 2.05) is 12.2 Å². The molecule has 0 unspecified atom stereocenters. The second-order valence-corrected chi connectivity index (χ2v) is 1.53. The van der Waals surface area contributed by atoms with Crippen molar-refractivity contribution in [1.29, 1.82) is 0 Å². The maximum atomic E-state index is 3.63. The Balaban J connectivity index is 0. The summed E-state index contributed by atoms with van der Waals surface area (Å²) in [6, 6.07) is 0. The first-order chi connectivity index (χ1) is 3.85. The average Bonchev–Trinajstić information content (AvgIpc) is 1.83. The Labute approximate surface area is 82.6 Å². The molecule has 0 rings (SSSR count). The minimum atomic E-state index is 0. The average molecular weight is 197 g/mol. The summed E-state index contributed by atoms with van der Waals surface area (Å²) in [5.74, 6) is 0. The third kappa shape index (κ3) is 6.21. The van der Waals surface area contributed by atoms with Crippen LogP contribution in [-0.4, -0.2) is 0 Å². The summed E-state index contributed by atoms with van der Waals surface area (Å²) in [6.45, 7) is 9.30. The van der Waals surface area contributed by atoms with Crippen LogP contribution in [-0.2, 0) is 32.7 Å². The predicted octanol–water partition coefficient (Wildman–Crippen LogP) is 2.69. The zero-order valence-electron chi connectivity index (χ0n) is 5.93. The van der Waals surface area contributed by atoms with Gasteiger partial charge in [-0.25, -0.2) is 0 Å². The third-order valence-electron chi connectivity index (χ3n) is 1.00. The zero-order valence-corrected chi connectivity index (χ0v) is 8.77. The predicted molar refractivity (Wildman–Crippen MR) is 38.8 cm³/mol. The molecule has 0 aliphatic carbocycles. The van der Waals surface area contributed by atoms with Gasteiger partial charge in [-0.15, -0.1) is 0 Å². The zero-order chi connectivity index (χ0) is 6.41. The Morgan fingerprint density at radius 2 is 2.00 bits per heavy atom. The Hall–Kier alpha value is 0.324. The molecule has 0 N–H and O–H groups in total. The van der Waals surface area contributed by atoms with E-state index < -0.39 is 0 Å². The van der Waals surface area contributed by atoms with Crippen LogP contribution >= 0.6 is 0 Å². The van der Waals surface area contributed by atoms with Crippen LogP contribution in [0.2, 0.25) is 0 Å². The van der Waals surface area contributed by atoms with Crippen LogP contribution in [0.25, 0.3) is 0 Å². The molecule has 0 nitrogen and oxygen atoms in total. The maximum absolute atomic E-state index is 3.63. The van der Waals surface area contributed by atoms with Gasteiger partial charge in [-0.05, 0) is 12.0 Å². The van der Waals surface area contributed by atoms with Gasteiger partial charge in [0.1, 0.15) is 0 Å². The van der Waals surface area contributed by atoms with Crippen molar-refractivity contribution >= 4 is 0 Å². The van der Waals surface area contributed by atoms with Crippen LogP contribution in [0.15, 0.2) is 37.0 Å². The van der Waals surface area contributed by atoms with Gasteiger partial charge in [0.05, 0.1) is 0 Å². The Morgan fingerprint density at radius 3 is 2.11 bits per heavy atom. The van der Waals surface area contributed by atoms with E-state index in [-0.39, 0.29) is 32.7 Å². The number of rotatable bonds is 3. The molecule has 0 atom stereocenters. The van der Waals surface area contributed by atoms with Crippen molar-refractivity contribution < 1.29 is 32.7 Å². The van der Waals surface area contributed by atoms with Gasteiger partial charge >= 0.3 is 0 Å². The van der Waals surface area contributed by atoms with Crippen LogP contribution in [0, 0.1) is 0 Å². The largest absolute Gasteiger partial charge is 0.0991 e. The molecule has 1 radical (unpaired) electrons.